The zero-order valence-electron chi connectivity index (χ0n) is 9.93. The maximum absolute atomic E-state index is 12.2. The average Bonchev–Trinajstić information content (AvgIpc) is 2.39. The highest BCUT2D eigenvalue weighted by atomic mass is 35.5. The van der Waals surface area contributed by atoms with E-state index < -0.39 is 0 Å². The molecule has 1 heterocycles. The fraction of sp³-hybridized carbons (Fsp3) is 0.231. The average molecular weight is 265 g/mol. The van der Waals surface area contributed by atoms with E-state index in [9.17, 15) is 4.79 Å². The van der Waals surface area contributed by atoms with Crippen molar-refractivity contribution in [1.82, 2.24) is 9.88 Å². The second-order valence-electron chi connectivity index (χ2n) is 3.96. The maximum atomic E-state index is 12.2. The number of nitrogens with zero attached hydrogens (tertiary/aromatic N) is 2. The number of rotatable bonds is 3. The molecule has 1 aromatic carbocycles. The van der Waals surface area contributed by atoms with Gasteiger partial charge in [-0.2, -0.15) is 0 Å². The number of halogens is 1. The van der Waals surface area contributed by atoms with Gasteiger partial charge in [-0.1, -0.05) is 35.9 Å². The Labute approximate surface area is 110 Å². The number of hydrogen-bond acceptors (Lipinski definition) is 3. The van der Waals surface area contributed by atoms with Gasteiger partial charge in [0.2, 0.25) is 0 Å². The molecule has 1 N–H and O–H groups in total. The summed E-state index contributed by atoms with van der Waals surface area (Å²) < 4.78 is 0. The minimum absolute atomic E-state index is 0.0683. The smallest absolute Gasteiger partial charge is 0.255 e. The number of aliphatic hydroxyl groups excluding tert-OH is 1. The van der Waals surface area contributed by atoms with Crippen molar-refractivity contribution in [2.24, 2.45) is 0 Å². The number of benzene rings is 1. The molecule has 0 spiro atoms. The summed E-state index contributed by atoms with van der Waals surface area (Å²) in [5.41, 5.74) is 0.492. The Morgan fingerprint density at radius 2 is 2.06 bits per heavy atom. The molecule has 0 saturated heterocycles. The number of aliphatic hydroxyl groups is 1. The number of carbonyl (C=O) groups is 1. The van der Waals surface area contributed by atoms with E-state index in [0.29, 0.717) is 10.7 Å². The van der Waals surface area contributed by atoms with Crippen LogP contribution in [0.4, 0.5) is 0 Å². The topological polar surface area (TPSA) is 53.4 Å². The Morgan fingerprint density at radius 3 is 2.72 bits per heavy atom. The van der Waals surface area contributed by atoms with Crippen LogP contribution >= 0.6 is 11.6 Å². The number of carbonyl (C=O) groups excluding carboxylic acids is 1. The molecule has 0 fully saturated rings. The van der Waals surface area contributed by atoms with E-state index in [0.717, 1.165) is 10.8 Å². The lowest BCUT2D eigenvalue weighted by Crippen LogP contribution is -2.29. The van der Waals surface area contributed by atoms with E-state index >= 15 is 0 Å². The van der Waals surface area contributed by atoms with E-state index in [1.807, 2.05) is 24.3 Å². The summed E-state index contributed by atoms with van der Waals surface area (Å²) in [5, 5.41) is 10.8. The molecule has 0 bridgehead atoms. The van der Waals surface area contributed by atoms with Crippen molar-refractivity contribution in [3.63, 3.8) is 0 Å². The molecule has 0 aliphatic carbocycles. The first-order valence-electron chi connectivity index (χ1n) is 5.54. The van der Waals surface area contributed by atoms with Crippen molar-refractivity contribution in [3.8, 4) is 0 Å². The highest BCUT2D eigenvalue weighted by Crippen LogP contribution is 2.24. The third-order valence-corrected chi connectivity index (χ3v) is 3.06. The van der Waals surface area contributed by atoms with E-state index in [1.165, 1.54) is 11.1 Å². The second-order valence-corrected chi connectivity index (χ2v) is 4.32. The van der Waals surface area contributed by atoms with Gasteiger partial charge < -0.3 is 10.0 Å². The Balaban J connectivity index is 2.52. The van der Waals surface area contributed by atoms with E-state index in [4.69, 9.17) is 16.7 Å². The first-order chi connectivity index (χ1) is 8.65. The van der Waals surface area contributed by atoms with Crippen molar-refractivity contribution in [2.45, 2.75) is 0 Å². The molecule has 2 rings (SSSR count). The molecule has 5 heteroatoms. The van der Waals surface area contributed by atoms with Crippen LogP contribution in [0, 0.1) is 0 Å². The first-order valence-corrected chi connectivity index (χ1v) is 5.92. The van der Waals surface area contributed by atoms with Gasteiger partial charge in [0, 0.05) is 25.2 Å². The van der Waals surface area contributed by atoms with Crippen LogP contribution in [0.15, 0.2) is 30.5 Å². The van der Waals surface area contributed by atoms with Crippen molar-refractivity contribution in [3.05, 3.63) is 41.2 Å². The van der Waals surface area contributed by atoms with Gasteiger partial charge in [0.15, 0.2) is 0 Å². The quantitative estimate of drug-likeness (QED) is 0.862. The third-order valence-electron chi connectivity index (χ3n) is 2.76. The van der Waals surface area contributed by atoms with Gasteiger partial charge in [0.25, 0.3) is 5.91 Å². The molecule has 4 nitrogen and oxygen atoms in total. The number of aromatic nitrogens is 1. The highest BCUT2D eigenvalue weighted by molar-refractivity contribution is 6.34. The van der Waals surface area contributed by atoms with Gasteiger partial charge >= 0.3 is 0 Å². The maximum Gasteiger partial charge on any atom is 0.255 e. The minimum atomic E-state index is -0.176. The van der Waals surface area contributed by atoms with Gasteiger partial charge in [-0.05, 0) is 5.39 Å². The van der Waals surface area contributed by atoms with Gasteiger partial charge in [0.1, 0.15) is 5.15 Å². The molecule has 2 aromatic rings. The number of amides is 1. The van der Waals surface area contributed by atoms with Crippen LogP contribution in [0.25, 0.3) is 10.8 Å². The van der Waals surface area contributed by atoms with Crippen molar-refractivity contribution in [1.29, 1.82) is 0 Å². The van der Waals surface area contributed by atoms with Crippen LogP contribution in [0.1, 0.15) is 10.4 Å². The van der Waals surface area contributed by atoms with Crippen LogP contribution < -0.4 is 0 Å². The molecule has 1 aromatic heterocycles. The molecule has 0 aliphatic rings. The number of hydrogen-bond donors (Lipinski definition) is 1. The minimum Gasteiger partial charge on any atom is -0.395 e. The summed E-state index contributed by atoms with van der Waals surface area (Å²) in [6.45, 7) is 0.219. The van der Waals surface area contributed by atoms with Crippen molar-refractivity contribution in [2.75, 3.05) is 20.2 Å². The van der Waals surface area contributed by atoms with Gasteiger partial charge in [0.05, 0.1) is 12.2 Å². The van der Waals surface area contributed by atoms with Crippen LogP contribution in [-0.2, 0) is 0 Å². The molecule has 0 aliphatic heterocycles. The molecular weight excluding hydrogens is 252 g/mol. The summed E-state index contributed by atoms with van der Waals surface area (Å²) >= 11 is 6.00. The lowest BCUT2D eigenvalue weighted by atomic mass is 10.1. The predicted molar refractivity (Wildman–Crippen MR) is 70.8 cm³/mol. The zero-order valence-corrected chi connectivity index (χ0v) is 10.7. The molecule has 0 atom stereocenters. The van der Waals surface area contributed by atoms with Gasteiger partial charge in [-0.15, -0.1) is 0 Å². The Bertz CT molecular complexity index is 586. The number of pyridine rings is 1. The summed E-state index contributed by atoms with van der Waals surface area (Å²) in [6, 6.07) is 7.36. The Hall–Kier alpha value is -1.65. The summed E-state index contributed by atoms with van der Waals surface area (Å²) in [5.74, 6) is -0.176. The van der Waals surface area contributed by atoms with E-state index in [2.05, 4.69) is 4.98 Å². The summed E-state index contributed by atoms with van der Waals surface area (Å²) in [7, 11) is 1.64. The lowest BCUT2D eigenvalue weighted by molar-refractivity contribution is 0.0768. The normalized spacial score (nSPS) is 10.6. The monoisotopic (exact) mass is 264 g/mol. The second kappa shape index (κ2) is 5.33. The first kappa shape index (κ1) is 12.8. The molecule has 94 valence electrons. The lowest BCUT2D eigenvalue weighted by Gasteiger charge is -2.16. The van der Waals surface area contributed by atoms with E-state index in [1.54, 1.807) is 7.05 Å². The SMILES string of the molecule is CN(CCO)C(=O)c1cnc(Cl)c2ccccc12. The molecule has 0 saturated carbocycles. The standard InChI is InChI=1S/C13H13ClN2O2/c1-16(6-7-17)13(18)11-8-15-12(14)10-5-3-2-4-9(10)11/h2-5,8,17H,6-7H2,1H3. The van der Waals surface area contributed by atoms with Crippen LogP contribution in [-0.4, -0.2) is 41.1 Å². The van der Waals surface area contributed by atoms with Gasteiger partial charge in [-0.25, -0.2) is 4.98 Å². The Morgan fingerprint density at radius 1 is 1.39 bits per heavy atom. The van der Waals surface area contributed by atoms with Crippen LogP contribution in [0.5, 0.6) is 0 Å². The fourth-order valence-electron chi connectivity index (χ4n) is 1.79. The number of likely N-dealkylation sites (N-methyl/N-ethyl adjacent to an activating group) is 1. The van der Waals surface area contributed by atoms with E-state index in [-0.39, 0.29) is 19.1 Å². The highest BCUT2D eigenvalue weighted by Gasteiger charge is 2.15. The van der Waals surface area contributed by atoms with Crippen molar-refractivity contribution >= 4 is 28.3 Å². The van der Waals surface area contributed by atoms with Gasteiger partial charge in [-0.3, -0.25) is 4.79 Å². The van der Waals surface area contributed by atoms with Crippen LogP contribution in [0.3, 0.4) is 0 Å². The van der Waals surface area contributed by atoms with Crippen molar-refractivity contribution < 1.29 is 9.90 Å². The number of fused-ring (bicyclic) bond motifs is 1. The molecule has 1 amide bonds. The zero-order chi connectivity index (χ0) is 13.1. The molecular formula is C13H13ClN2O2. The van der Waals surface area contributed by atoms with Crippen LogP contribution in [0.2, 0.25) is 5.15 Å². The molecule has 0 unspecified atom stereocenters. The summed E-state index contributed by atoms with van der Waals surface area (Å²) in [4.78, 5) is 17.7. The third kappa shape index (κ3) is 2.30. The predicted octanol–water partition coefficient (Wildman–Crippen LogP) is 1.95. The largest absolute Gasteiger partial charge is 0.395 e. The fourth-order valence-corrected chi connectivity index (χ4v) is 2.00. The summed E-state index contributed by atoms with van der Waals surface area (Å²) in [6.07, 6.45) is 1.47. The molecule has 18 heavy (non-hydrogen) atoms. The Kier molecular flexibility index (Phi) is 3.79. The molecule has 0 radical (unpaired) electrons.